The topological polar surface area (TPSA) is 186 Å². The van der Waals surface area contributed by atoms with E-state index in [0.717, 1.165) is 0 Å². The lowest BCUT2D eigenvalue weighted by Crippen LogP contribution is -2.57. The maximum Gasteiger partial charge on any atom is 0.466 e. The monoisotopic (exact) mass is 403 g/mol. The average molecular weight is 403 g/mol. The Morgan fingerprint density at radius 2 is 1.96 bits per heavy atom. The zero-order chi connectivity index (χ0) is 19.2. The molecule has 0 aliphatic carbocycles. The Balaban J connectivity index is 2.92. The number of hydrogen-bond donors (Lipinski definition) is 6. The first-order valence-electron chi connectivity index (χ1n) is 7.08. The standard InChI is InChI=1S/C12H21NO10S2/c1-2-3-6(15)4-8(13-23-25(19,20)21)24-12-11(18)10(17)9(16)7(5-14)22-12/h2,6-7,9-12,14-18H,1,3-5H2,(H,19,20,21)/t6?,7-,9-,10+,11-,12+/m1/s1. The predicted octanol–water partition coefficient (Wildman–Crippen LogP) is -2.02. The van der Waals surface area contributed by atoms with Crippen LogP contribution in [0.15, 0.2) is 17.8 Å². The summed E-state index contributed by atoms with van der Waals surface area (Å²) in [6.07, 6.45) is -5.67. The fourth-order valence-electron chi connectivity index (χ4n) is 1.97. The molecule has 6 atom stereocenters. The summed E-state index contributed by atoms with van der Waals surface area (Å²) < 4.78 is 39.0. The van der Waals surface area contributed by atoms with Crippen LogP contribution in [0, 0.1) is 0 Å². The van der Waals surface area contributed by atoms with E-state index in [4.69, 9.17) is 14.4 Å². The van der Waals surface area contributed by atoms with Gasteiger partial charge in [-0.25, -0.2) is 4.28 Å². The molecule has 146 valence electrons. The van der Waals surface area contributed by atoms with Crippen LogP contribution >= 0.6 is 11.8 Å². The van der Waals surface area contributed by atoms with Crippen molar-refractivity contribution in [3.05, 3.63) is 12.7 Å². The van der Waals surface area contributed by atoms with E-state index in [-0.39, 0.29) is 17.9 Å². The molecule has 1 saturated heterocycles. The van der Waals surface area contributed by atoms with Crippen molar-refractivity contribution in [1.29, 1.82) is 0 Å². The Kier molecular flexibility index (Phi) is 8.73. The van der Waals surface area contributed by atoms with E-state index in [0.29, 0.717) is 11.8 Å². The summed E-state index contributed by atoms with van der Waals surface area (Å²) in [5.74, 6) is 0. The van der Waals surface area contributed by atoms with Crippen LogP contribution in [0.3, 0.4) is 0 Å². The van der Waals surface area contributed by atoms with Gasteiger partial charge in [0.05, 0.1) is 12.7 Å². The molecule has 0 radical (unpaired) electrons. The Bertz CT molecular complexity index is 566. The third kappa shape index (κ3) is 7.16. The van der Waals surface area contributed by atoms with Gasteiger partial charge in [-0.15, -0.1) is 6.58 Å². The van der Waals surface area contributed by atoms with Gasteiger partial charge in [0.25, 0.3) is 0 Å². The van der Waals surface area contributed by atoms with Gasteiger partial charge in [0.15, 0.2) is 0 Å². The number of rotatable bonds is 8. The molecule has 25 heavy (non-hydrogen) atoms. The van der Waals surface area contributed by atoms with Gasteiger partial charge in [-0.05, 0) is 6.42 Å². The molecule has 1 rings (SSSR count). The summed E-state index contributed by atoms with van der Waals surface area (Å²) >= 11 is 0.594. The number of ether oxygens (including phenoxy) is 1. The number of hydrogen-bond acceptors (Lipinski definition) is 11. The van der Waals surface area contributed by atoms with Crippen molar-refractivity contribution in [2.24, 2.45) is 5.16 Å². The fraction of sp³-hybridized carbons (Fsp3) is 0.750. The maximum atomic E-state index is 10.6. The molecule has 13 heteroatoms. The van der Waals surface area contributed by atoms with Gasteiger partial charge in [-0.1, -0.05) is 23.0 Å². The summed E-state index contributed by atoms with van der Waals surface area (Å²) in [5, 5.41) is 51.3. The van der Waals surface area contributed by atoms with Crippen molar-refractivity contribution in [1.82, 2.24) is 0 Å². The Hall–Kier alpha value is -0.770. The predicted molar refractivity (Wildman–Crippen MR) is 86.9 cm³/mol. The summed E-state index contributed by atoms with van der Waals surface area (Å²) in [6, 6.07) is 0. The van der Waals surface area contributed by atoms with E-state index in [1.54, 1.807) is 0 Å². The molecule has 0 spiro atoms. The van der Waals surface area contributed by atoms with Crippen molar-refractivity contribution >= 4 is 27.2 Å². The highest BCUT2D eigenvalue weighted by atomic mass is 32.3. The van der Waals surface area contributed by atoms with Crippen LogP contribution < -0.4 is 0 Å². The maximum absolute atomic E-state index is 10.6. The molecule has 1 aliphatic heterocycles. The summed E-state index contributed by atoms with van der Waals surface area (Å²) in [6.45, 7) is 2.79. The van der Waals surface area contributed by atoms with Gasteiger partial charge in [0.1, 0.15) is 34.9 Å². The highest BCUT2D eigenvalue weighted by Crippen LogP contribution is 2.30. The van der Waals surface area contributed by atoms with Crippen LogP contribution in [-0.2, 0) is 19.4 Å². The first-order valence-corrected chi connectivity index (χ1v) is 9.32. The molecule has 0 aromatic carbocycles. The van der Waals surface area contributed by atoms with Gasteiger partial charge in [0, 0.05) is 6.42 Å². The van der Waals surface area contributed by atoms with Gasteiger partial charge >= 0.3 is 10.4 Å². The highest BCUT2D eigenvalue weighted by Gasteiger charge is 2.44. The lowest BCUT2D eigenvalue weighted by molar-refractivity contribution is -0.205. The minimum atomic E-state index is -4.89. The Morgan fingerprint density at radius 3 is 2.48 bits per heavy atom. The molecule has 0 aromatic heterocycles. The molecular weight excluding hydrogens is 382 g/mol. The third-order valence-electron chi connectivity index (χ3n) is 3.18. The lowest BCUT2D eigenvalue weighted by Gasteiger charge is -2.39. The highest BCUT2D eigenvalue weighted by molar-refractivity contribution is 8.14. The average Bonchev–Trinajstić information content (AvgIpc) is 2.52. The van der Waals surface area contributed by atoms with Crippen LogP contribution in [0.5, 0.6) is 0 Å². The largest absolute Gasteiger partial charge is 0.466 e. The van der Waals surface area contributed by atoms with Gasteiger partial charge < -0.3 is 30.3 Å². The number of oxime groups is 1. The second-order valence-corrected chi connectivity index (χ2v) is 7.36. The first-order chi connectivity index (χ1) is 11.6. The van der Waals surface area contributed by atoms with E-state index in [1.807, 2.05) is 0 Å². The third-order valence-corrected chi connectivity index (χ3v) is 4.58. The first kappa shape index (κ1) is 22.3. The summed E-state index contributed by atoms with van der Waals surface area (Å²) in [5.41, 5.74) is -1.25. The molecule has 0 bridgehead atoms. The van der Waals surface area contributed by atoms with Crippen LogP contribution in [0.4, 0.5) is 0 Å². The molecule has 11 nitrogen and oxygen atoms in total. The lowest BCUT2D eigenvalue weighted by atomic mass is 10.0. The minimum absolute atomic E-state index is 0.139. The summed E-state index contributed by atoms with van der Waals surface area (Å²) in [7, 11) is -4.89. The van der Waals surface area contributed by atoms with Gasteiger partial charge in [-0.2, -0.15) is 8.42 Å². The minimum Gasteiger partial charge on any atom is -0.394 e. The smallest absolute Gasteiger partial charge is 0.394 e. The Labute approximate surface area is 148 Å². The van der Waals surface area contributed by atoms with Crippen molar-refractivity contribution in [3.8, 4) is 0 Å². The van der Waals surface area contributed by atoms with Crippen molar-refractivity contribution in [2.75, 3.05) is 6.61 Å². The van der Waals surface area contributed by atoms with Crippen LogP contribution in [0.25, 0.3) is 0 Å². The van der Waals surface area contributed by atoms with E-state index in [1.165, 1.54) is 6.08 Å². The molecule has 6 N–H and O–H groups in total. The normalized spacial score (nSPS) is 32.2. The molecule has 1 heterocycles. The van der Waals surface area contributed by atoms with E-state index in [2.05, 4.69) is 16.0 Å². The van der Waals surface area contributed by atoms with Crippen molar-refractivity contribution in [3.63, 3.8) is 0 Å². The Morgan fingerprint density at radius 1 is 1.32 bits per heavy atom. The van der Waals surface area contributed by atoms with Gasteiger partial charge in [-0.3, -0.25) is 4.55 Å². The SMILES string of the molecule is C=CCC(O)CC(=NOS(=O)(=O)O)S[C@@H]1O[C@H](CO)[C@@H](O)[C@H](O)[C@H]1O. The number of aliphatic hydroxyl groups is 5. The molecule has 0 amide bonds. The van der Waals surface area contributed by atoms with E-state index < -0.39 is 53.0 Å². The van der Waals surface area contributed by atoms with E-state index in [9.17, 15) is 28.8 Å². The van der Waals surface area contributed by atoms with Crippen molar-refractivity contribution < 1.29 is 47.5 Å². The molecule has 1 unspecified atom stereocenters. The molecule has 0 saturated carbocycles. The summed E-state index contributed by atoms with van der Waals surface area (Å²) in [4.78, 5) is 0. The van der Waals surface area contributed by atoms with Crippen molar-refractivity contribution in [2.45, 2.75) is 48.8 Å². The fourth-order valence-corrected chi connectivity index (χ4v) is 3.34. The number of nitrogens with zero attached hydrogens (tertiary/aromatic N) is 1. The second kappa shape index (κ2) is 9.80. The zero-order valence-electron chi connectivity index (χ0n) is 12.9. The molecular formula is C12H21NO10S2. The quantitative estimate of drug-likeness (QED) is 0.0863. The van der Waals surface area contributed by atoms with E-state index >= 15 is 0 Å². The second-order valence-electron chi connectivity index (χ2n) is 5.18. The molecule has 1 aliphatic rings. The van der Waals surface area contributed by atoms with Crippen LogP contribution in [0.1, 0.15) is 12.8 Å². The van der Waals surface area contributed by atoms with Gasteiger partial charge in [0.2, 0.25) is 0 Å². The zero-order valence-corrected chi connectivity index (χ0v) is 14.6. The van der Waals surface area contributed by atoms with Crippen LogP contribution in [-0.4, -0.2) is 86.1 Å². The molecule has 0 aromatic rings. The molecule has 1 fully saturated rings. The van der Waals surface area contributed by atoms with Crippen LogP contribution in [0.2, 0.25) is 0 Å². The number of thioether (sulfide) groups is 1. The number of aliphatic hydroxyl groups excluding tert-OH is 5.